The fourth-order valence-corrected chi connectivity index (χ4v) is 4.01. The molecule has 0 radical (unpaired) electrons. The molecule has 0 aromatic carbocycles. The van der Waals surface area contributed by atoms with E-state index in [0.717, 1.165) is 12.8 Å². The highest BCUT2D eigenvalue weighted by Gasteiger charge is 2.33. The average molecular weight is 204 g/mol. The third-order valence-electron chi connectivity index (χ3n) is 3.34. The molecule has 78 valence electrons. The molecule has 2 nitrogen and oxygen atoms in total. The molecule has 0 aliphatic heterocycles. The second kappa shape index (κ2) is 4.61. The van der Waals surface area contributed by atoms with Crippen LogP contribution in [0.2, 0.25) is 0 Å². The standard InChI is InChI=1S/C10H21O2P/c1-7(2)9-5-4-8(3)6-10(9)13(11)12/h7-10,13H,4-6H2,1-3H3,(H,11,12). The van der Waals surface area contributed by atoms with Crippen LogP contribution in [0.1, 0.15) is 40.0 Å². The lowest BCUT2D eigenvalue weighted by Crippen LogP contribution is -2.29. The Morgan fingerprint density at radius 3 is 2.46 bits per heavy atom. The zero-order valence-corrected chi connectivity index (χ0v) is 9.79. The van der Waals surface area contributed by atoms with Gasteiger partial charge in [0.25, 0.3) is 0 Å². The van der Waals surface area contributed by atoms with E-state index in [1.54, 1.807) is 0 Å². The van der Waals surface area contributed by atoms with Gasteiger partial charge in [0.2, 0.25) is 0 Å². The third kappa shape index (κ3) is 2.82. The predicted octanol–water partition coefficient (Wildman–Crippen LogP) is 2.91. The second-order valence-corrected chi connectivity index (χ2v) is 6.19. The lowest BCUT2D eigenvalue weighted by atomic mass is 9.77. The maximum Gasteiger partial charge on any atom is 0.192 e. The van der Waals surface area contributed by atoms with Gasteiger partial charge < -0.3 is 4.89 Å². The Morgan fingerprint density at radius 1 is 1.38 bits per heavy atom. The molecule has 0 saturated heterocycles. The van der Waals surface area contributed by atoms with Crippen LogP contribution in [0, 0.1) is 17.8 Å². The minimum atomic E-state index is -2.31. The molecular formula is C10H21O2P. The third-order valence-corrected chi connectivity index (χ3v) is 4.64. The highest BCUT2D eigenvalue weighted by atomic mass is 31.1. The maximum absolute atomic E-state index is 11.2. The molecule has 0 heterocycles. The molecule has 1 N–H and O–H groups in total. The minimum Gasteiger partial charge on any atom is -0.346 e. The zero-order valence-electron chi connectivity index (χ0n) is 8.79. The van der Waals surface area contributed by atoms with Crippen molar-refractivity contribution in [3.05, 3.63) is 0 Å². The molecule has 1 rings (SSSR count). The average Bonchev–Trinajstić information content (AvgIpc) is 2.03. The Hall–Kier alpha value is 0.190. The smallest absolute Gasteiger partial charge is 0.192 e. The first kappa shape index (κ1) is 11.3. The first-order valence-corrected chi connectivity index (χ1v) is 6.68. The Morgan fingerprint density at radius 2 is 2.00 bits per heavy atom. The van der Waals surface area contributed by atoms with Gasteiger partial charge in [-0.1, -0.05) is 27.2 Å². The van der Waals surface area contributed by atoms with Crippen molar-refractivity contribution in [1.82, 2.24) is 0 Å². The summed E-state index contributed by atoms with van der Waals surface area (Å²) in [5.41, 5.74) is 0.0914. The number of hydrogen-bond acceptors (Lipinski definition) is 1. The number of rotatable bonds is 2. The minimum absolute atomic E-state index is 0.0914. The zero-order chi connectivity index (χ0) is 10.0. The van der Waals surface area contributed by atoms with Crippen LogP contribution in [0.3, 0.4) is 0 Å². The van der Waals surface area contributed by atoms with Gasteiger partial charge in [0, 0.05) is 5.66 Å². The van der Waals surface area contributed by atoms with Gasteiger partial charge in [0.15, 0.2) is 8.03 Å². The van der Waals surface area contributed by atoms with Crippen molar-refractivity contribution in [2.75, 3.05) is 0 Å². The van der Waals surface area contributed by atoms with Crippen LogP contribution < -0.4 is 0 Å². The van der Waals surface area contributed by atoms with Gasteiger partial charge in [0.1, 0.15) is 0 Å². The van der Waals surface area contributed by atoms with Crippen LogP contribution in [-0.2, 0) is 4.57 Å². The molecule has 0 spiro atoms. The van der Waals surface area contributed by atoms with Crippen molar-refractivity contribution >= 4 is 8.03 Å². The van der Waals surface area contributed by atoms with Crippen molar-refractivity contribution in [1.29, 1.82) is 0 Å². The monoisotopic (exact) mass is 204 g/mol. The molecule has 3 heteroatoms. The highest BCUT2D eigenvalue weighted by molar-refractivity contribution is 7.38. The predicted molar refractivity (Wildman–Crippen MR) is 56.4 cm³/mol. The van der Waals surface area contributed by atoms with E-state index in [4.69, 9.17) is 0 Å². The van der Waals surface area contributed by atoms with Crippen LogP contribution in [0.5, 0.6) is 0 Å². The van der Waals surface area contributed by atoms with E-state index in [-0.39, 0.29) is 5.66 Å². The van der Waals surface area contributed by atoms with Gasteiger partial charge >= 0.3 is 0 Å². The van der Waals surface area contributed by atoms with Crippen molar-refractivity contribution < 1.29 is 9.46 Å². The topological polar surface area (TPSA) is 37.3 Å². The Balaban J connectivity index is 2.66. The quantitative estimate of drug-likeness (QED) is 0.702. The van der Waals surface area contributed by atoms with E-state index in [9.17, 15) is 9.46 Å². The second-order valence-electron chi connectivity index (χ2n) is 4.77. The molecule has 1 saturated carbocycles. The van der Waals surface area contributed by atoms with E-state index in [2.05, 4.69) is 20.8 Å². The Labute approximate surface area is 81.6 Å². The van der Waals surface area contributed by atoms with Crippen LogP contribution >= 0.6 is 8.03 Å². The molecule has 0 amide bonds. The summed E-state index contributed by atoms with van der Waals surface area (Å²) in [6, 6.07) is 0. The molecule has 1 aliphatic rings. The van der Waals surface area contributed by atoms with Gasteiger partial charge in [0.05, 0.1) is 0 Å². The molecule has 0 aromatic rings. The molecular weight excluding hydrogens is 183 g/mol. The van der Waals surface area contributed by atoms with E-state index in [1.807, 2.05) is 0 Å². The van der Waals surface area contributed by atoms with E-state index < -0.39 is 8.03 Å². The highest BCUT2D eigenvalue weighted by Crippen LogP contribution is 2.44. The summed E-state index contributed by atoms with van der Waals surface area (Å²) in [4.78, 5) is 9.26. The van der Waals surface area contributed by atoms with Gasteiger partial charge in [-0.15, -0.1) is 0 Å². The molecule has 4 atom stereocenters. The lowest BCUT2D eigenvalue weighted by molar-refractivity contribution is 0.231. The van der Waals surface area contributed by atoms with E-state index >= 15 is 0 Å². The fraction of sp³-hybridized carbons (Fsp3) is 1.00. The van der Waals surface area contributed by atoms with Crippen molar-refractivity contribution in [3.8, 4) is 0 Å². The van der Waals surface area contributed by atoms with Gasteiger partial charge in [-0.3, -0.25) is 4.57 Å². The lowest BCUT2D eigenvalue weighted by Gasteiger charge is -2.35. The first-order valence-electron chi connectivity index (χ1n) is 5.25. The van der Waals surface area contributed by atoms with E-state index in [1.165, 1.54) is 6.42 Å². The first-order chi connectivity index (χ1) is 6.02. The molecule has 1 aliphatic carbocycles. The molecule has 0 bridgehead atoms. The fourth-order valence-electron chi connectivity index (χ4n) is 2.49. The molecule has 1 fully saturated rings. The van der Waals surface area contributed by atoms with Gasteiger partial charge in [-0.2, -0.15) is 0 Å². The summed E-state index contributed by atoms with van der Waals surface area (Å²) >= 11 is 0. The van der Waals surface area contributed by atoms with Crippen LogP contribution in [0.25, 0.3) is 0 Å². The molecule has 0 aromatic heterocycles. The normalized spacial score (nSPS) is 37.8. The van der Waals surface area contributed by atoms with Crippen molar-refractivity contribution in [3.63, 3.8) is 0 Å². The summed E-state index contributed by atoms with van der Waals surface area (Å²) in [5.74, 6) is 1.67. The number of hydrogen-bond donors (Lipinski definition) is 1. The Kier molecular flexibility index (Phi) is 4.00. The van der Waals surface area contributed by atoms with Crippen LogP contribution in [0.4, 0.5) is 0 Å². The van der Waals surface area contributed by atoms with E-state index in [0.29, 0.717) is 17.8 Å². The van der Waals surface area contributed by atoms with Gasteiger partial charge in [-0.05, 0) is 30.6 Å². The summed E-state index contributed by atoms with van der Waals surface area (Å²) in [6.45, 7) is 6.52. The molecule has 4 unspecified atom stereocenters. The van der Waals surface area contributed by atoms with Crippen molar-refractivity contribution in [2.45, 2.75) is 45.7 Å². The maximum atomic E-state index is 11.2. The van der Waals surface area contributed by atoms with Crippen molar-refractivity contribution in [2.24, 2.45) is 17.8 Å². The largest absolute Gasteiger partial charge is 0.346 e. The van der Waals surface area contributed by atoms with Gasteiger partial charge in [-0.25, -0.2) is 0 Å². The summed E-state index contributed by atoms with van der Waals surface area (Å²) < 4.78 is 11.2. The summed E-state index contributed by atoms with van der Waals surface area (Å²) in [7, 11) is -2.31. The molecule has 13 heavy (non-hydrogen) atoms. The Bertz CT molecular complexity index is 191. The summed E-state index contributed by atoms with van der Waals surface area (Å²) in [6.07, 6.45) is 3.33. The summed E-state index contributed by atoms with van der Waals surface area (Å²) in [5, 5.41) is 0. The SMILES string of the molecule is CC1CCC(C(C)C)C([PH](=O)O)C1. The van der Waals surface area contributed by atoms with Crippen LogP contribution in [-0.4, -0.2) is 10.6 Å². The van der Waals surface area contributed by atoms with Crippen LogP contribution in [0.15, 0.2) is 0 Å².